The molecule has 0 atom stereocenters. The minimum Gasteiger partial charge on any atom is -0.507 e. The van der Waals surface area contributed by atoms with E-state index in [0.717, 1.165) is 16.7 Å². The standard InChI is InChI=1S/C55H46N3O.Pt/c1-35-26-37(3)53(59)49(29-35)54-57-52-48(18-13-19-51(52)58(54)47-28-36(2)27-42(33-47)38-14-9-7-10-15-38)44-30-43(39-16-11-8-12-17-39)31-45(32-44)50-34-41(24-25-56-50)40-20-22-46(23-21-40)55(4,5)6;/h7-31,33-34,59H,1-6H3;/q-1;/i2D3,4D3,5D3,6D3,20D,21D,22D,23D;. The number of hydrogen-bond acceptors (Lipinski definition) is 3. The van der Waals surface area contributed by atoms with E-state index in [9.17, 15) is 5.11 Å². The van der Waals surface area contributed by atoms with Crippen molar-refractivity contribution in [3.05, 3.63) is 192 Å². The maximum atomic E-state index is 11.7. The number of aromatic hydroxyl groups is 1. The topological polar surface area (TPSA) is 50.9 Å². The van der Waals surface area contributed by atoms with Crippen LogP contribution in [0.4, 0.5) is 0 Å². The van der Waals surface area contributed by atoms with Gasteiger partial charge in [-0.15, -0.1) is 23.8 Å². The molecule has 4 nitrogen and oxygen atoms in total. The zero-order valence-corrected chi connectivity index (χ0v) is 34.7. The van der Waals surface area contributed by atoms with E-state index in [1.807, 2.05) is 121 Å². The number of nitrogens with zero attached hydrogens (tertiary/aromatic N) is 3. The fourth-order valence-electron chi connectivity index (χ4n) is 7.45. The normalized spacial score (nSPS) is 16.2. The van der Waals surface area contributed by atoms with Crippen LogP contribution in [0.5, 0.6) is 5.75 Å². The van der Waals surface area contributed by atoms with E-state index in [4.69, 9.17) is 26.9 Å². The molecule has 1 N–H and O–H groups in total. The van der Waals surface area contributed by atoms with Crippen LogP contribution in [0.25, 0.3) is 83.9 Å². The van der Waals surface area contributed by atoms with Crippen LogP contribution in [0.2, 0.25) is 0 Å². The summed E-state index contributed by atoms with van der Waals surface area (Å²) in [6.45, 7) is -10.3. The molecule has 0 radical (unpaired) electrons. The van der Waals surface area contributed by atoms with Crippen LogP contribution in [0.3, 0.4) is 0 Å². The second-order valence-corrected chi connectivity index (χ2v) is 14.5. The number of fused-ring (bicyclic) bond motifs is 1. The quantitative estimate of drug-likeness (QED) is 0.162. The molecule has 0 saturated carbocycles. The van der Waals surface area contributed by atoms with Crippen LogP contribution >= 0.6 is 0 Å². The van der Waals surface area contributed by atoms with Crippen molar-refractivity contribution in [2.45, 2.75) is 46.7 Å². The van der Waals surface area contributed by atoms with E-state index >= 15 is 0 Å². The van der Waals surface area contributed by atoms with Crippen LogP contribution in [0, 0.1) is 26.8 Å². The molecule has 2 aromatic heterocycles. The number of phenolic OH excluding ortho intramolecular Hbond substituents is 1. The summed E-state index contributed by atoms with van der Waals surface area (Å²) in [5.41, 5.74) is 2.79. The predicted molar refractivity (Wildman–Crippen MR) is 245 cm³/mol. The minimum atomic E-state index is -3.83. The smallest absolute Gasteiger partial charge is 0.148 e. The molecule has 60 heavy (non-hydrogen) atoms. The van der Waals surface area contributed by atoms with E-state index in [1.165, 1.54) is 18.3 Å². The van der Waals surface area contributed by atoms with Crippen LogP contribution in [0.1, 0.15) is 64.7 Å². The van der Waals surface area contributed by atoms with Gasteiger partial charge >= 0.3 is 0 Å². The van der Waals surface area contributed by atoms with E-state index in [0.29, 0.717) is 61.5 Å². The summed E-state index contributed by atoms with van der Waals surface area (Å²) < 4.78 is 138. The zero-order chi connectivity index (χ0) is 54.3. The Morgan fingerprint density at radius 3 is 2.03 bits per heavy atom. The van der Waals surface area contributed by atoms with Crippen LogP contribution < -0.4 is 0 Å². The third kappa shape index (κ3) is 7.88. The number of pyridine rings is 1. The van der Waals surface area contributed by atoms with Crippen molar-refractivity contribution in [2.75, 3.05) is 0 Å². The summed E-state index contributed by atoms with van der Waals surface area (Å²) >= 11 is 0. The molecule has 0 saturated heterocycles. The van der Waals surface area contributed by atoms with Gasteiger partial charge in [0.1, 0.15) is 11.6 Å². The summed E-state index contributed by atoms with van der Waals surface area (Å²) in [5.74, 6) is 0.319. The molecular weight excluding hydrogens is 914 g/mol. The average molecular weight is 976 g/mol. The van der Waals surface area contributed by atoms with Crippen molar-refractivity contribution in [3.63, 3.8) is 0 Å². The molecular formula is C55H46N3OPt-. The second-order valence-electron chi connectivity index (χ2n) is 14.5. The molecule has 0 aliphatic carbocycles. The molecule has 0 bridgehead atoms. The average Bonchev–Trinajstić information content (AvgIpc) is 3.76. The van der Waals surface area contributed by atoms with Gasteiger partial charge in [0, 0.05) is 55.1 Å². The molecule has 0 spiro atoms. The summed E-state index contributed by atoms with van der Waals surface area (Å²) in [4.78, 5) is 9.93. The number of imidazole rings is 1. The maximum absolute atomic E-state index is 11.7. The number of rotatable bonds is 7. The first-order valence-electron chi connectivity index (χ1n) is 26.9. The van der Waals surface area contributed by atoms with Gasteiger partial charge in [-0.2, -0.15) is 0 Å². The van der Waals surface area contributed by atoms with Gasteiger partial charge in [0.2, 0.25) is 0 Å². The van der Waals surface area contributed by atoms with Crippen LogP contribution in [0.15, 0.2) is 164 Å². The summed E-state index contributed by atoms with van der Waals surface area (Å²) in [6.07, 6.45) is 1.37. The number of phenols is 1. The first kappa shape index (κ1) is 25.3. The Kier molecular flexibility index (Phi) is 6.90. The molecule has 7 aromatic carbocycles. The van der Waals surface area contributed by atoms with E-state index in [2.05, 4.69) is 11.1 Å². The summed E-state index contributed by atoms with van der Waals surface area (Å²) in [5, 5.41) is 11.7. The van der Waals surface area contributed by atoms with Crippen molar-refractivity contribution >= 4 is 11.0 Å². The SMILES string of the molecule is [2H]c1c([2H])c(C(C([2H])([2H])[2H])(C([2H])([2H])[2H])C([2H])([2H])[2H])c([2H])c([2H])c1-c1ccnc(-c2[c-]c(-c3cccc4c3nc(-c3cc(C)cc(C)c3O)n4-c3cc(-c4ccccc4)cc(C([2H])([2H])[2H])c3)cc(-c3ccccc3)c2)c1.[Pt]. The Bertz CT molecular complexity index is 3630. The monoisotopic (exact) mass is 975 g/mol. The molecule has 5 heteroatoms. The Balaban J connectivity index is 0.00000765. The number of para-hydroxylation sites is 1. The molecule has 9 rings (SSSR count). The van der Waals surface area contributed by atoms with Gasteiger partial charge in [-0.1, -0.05) is 152 Å². The van der Waals surface area contributed by atoms with Gasteiger partial charge in [-0.3, -0.25) is 9.55 Å². The Hall–Kier alpha value is -6.35. The fourth-order valence-corrected chi connectivity index (χ4v) is 7.45. The predicted octanol–water partition coefficient (Wildman–Crippen LogP) is 14.1. The molecule has 0 fully saturated rings. The molecule has 0 aliphatic heterocycles. The third-order valence-electron chi connectivity index (χ3n) is 10.2. The number of benzene rings is 7. The van der Waals surface area contributed by atoms with E-state index in [1.54, 1.807) is 19.1 Å². The summed E-state index contributed by atoms with van der Waals surface area (Å²) in [6, 6.07) is 39.3. The Morgan fingerprint density at radius 1 is 0.633 bits per heavy atom. The number of aryl methyl sites for hydroxylation is 3. The third-order valence-corrected chi connectivity index (χ3v) is 10.2. The van der Waals surface area contributed by atoms with Gasteiger partial charge < -0.3 is 5.11 Å². The maximum Gasteiger partial charge on any atom is 0.148 e. The fraction of sp³-hybridized carbons (Fsp3) is 0.127. The Morgan fingerprint density at radius 2 is 1.33 bits per heavy atom. The first-order valence-corrected chi connectivity index (χ1v) is 18.9. The first-order chi connectivity index (χ1) is 35.1. The Labute approximate surface area is 390 Å². The van der Waals surface area contributed by atoms with Crippen molar-refractivity contribution in [1.82, 2.24) is 14.5 Å². The molecule has 0 amide bonds. The largest absolute Gasteiger partial charge is 0.507 e. The second kappa shape index (κ2) is 16.4. The minimum absolute atomic E-state index is 0. The van der Waals surface area contributed by atoms with Crippen molar-refractivity contribution in [1.29, 1.82) is 0 Å². The molecule has 0 aliphatic rings. The van der Waals surface area contributed by atoms with Crippen molar-refractivity contribution in [3.8, 4) is 78.6 Å². The molecule has 2 heterocycles. The molecule has 9 aromatic rings. The molecule has 0 unspecified atom stereocenters. The van der Waals surface area contributed by atoms with Gasteiger partial charge in [0.25, 0.3) is 0 Å². The number of aromatic nitrogens is 3. The van der Waals surface area contributed by atoms with Gasteiger partial charge in [-0.25, -0.2) is 4.98 Å². The molecule has 298 valence electrons. The van der Waals surface area contributed by atoms with Gasteiger partial charge in [-0.05, 0) is 107 Å². The van der Waals surface area contributed by atoms with E-state index in [-0.39, 0.29) is 49.2 Å². The number of hydrogen-bond donors (Lipinski definition) is 1. The van der Waals surface area contributed by atoms with Gasteiger partial charge in [0.15, 0.2) is 0 Å². The van der Waals surface area contributed by atoms with Crippen LogP contribution in [-0.2, 0) is 26.5 Å². The van der Waals surface area contributed by atoms with Gasteiger partial charge in [0.05, 0.1) is 22.1 Å². The summed E-state index contributed by atoms with van der Waals surface area (Å²) in [7, 11) is 0. The zero-order valence-electron chi connectivity index (χ0n) is 48.4. The van der Waals surface area contributed by atoms with Crippen molar-refractivity contribution < 1.29 is 48.1 Å². The van der Waals surface area contributed by atoms with E-state index < -0.39 is 62.6 Å². The van der Waals surface area contributed by atoms with Crippen LogP contribution in [-0.4, -0.2) is 19.6 Å². The van der Waals surface area contributed by atoms with Crippen molar-refractivity contribution in [2.24, 2.45) is 0 Å².